The van der Waals surface area contributed by atoms with Crippen LogP contribution in [0.4, 0.5) is 22.0 Å². The van der Waals surface area contributed by atoms with Gasteiger partial charge in [0.2, 0.25) is 0 Å². The van der Waals surface area contributed by atoms with Crippen LogP contribution >= 0.6 is 11.6 Å². The molecule has 0 bridgehead atoms. The second-order valence-electron chi connectivity index (χ2n) is 1.77. The molecular formula is C4H4ClF5O. The molecule has 0 rings (SSSR count). The number of hydrogen-bond donors (Lipinski definition) is 0. The van der Waals surface area contributed by atoms with Crippen molar-refractivity contribution in [2.24, 2.45) is 0 Å². The number of ether oxygens (including phenoxy) is 1. The first kappa shape index (κ1) is 10.9. The normalized spacial score (nSPS) is 18.5. The molecule has 0 heterocycles. The maximum absolute atomic E-state index is 12.0. The van der Waals surface area contributed by atoms with Gasteiger partial charge in [0.25, 0.3) is 0 Å². The molecule has 0 aliphatic carbocycles. The zero-order chi connectivity index (χ0) is 9.28. The lowest BCUT2D eigenvalue weighted by molar-refractivity contribution is -0.318. The third-order valence-electron chi connectivity index (χ3n) is 0.569. The molecule has 0 aliphatic rings. The fraction of sp³-hybridized carbons (Fsp3) is 1.00. The summed E-state index contributed by atoms with van der Waals surface area (Å²) in [6.07, 6.45) is -7.84. The van der Waals surface area contributed by atoms with Crippen LogP contribution in [0.1, 0.15) is 6.92 Å². The molecular weight excluding hydrogens is 194 g/mol. The van der Waals surface area contributed by atoms with Gasteiger partial charge in [-0.1, -0.05) is 0 Å². The van der Waals surface area contributed by atoms with Crippen molar-refractivity contribution in [1.29, 1.82) is 0 Å². The summed E-state index contributed by atoms with van der Waals surface area (Å²) in [6.45, 7) is 0.103. The largest absolute Gasteiger partial charge is 0.356 e. The van der Waals surface area contributed by atoms with E-state index in [2.05, 4.69) is 16.3 Å². The fourth-order valence-electron chi connectivity index (χ4n) is 0.283. The standard InChI is InChI=1S/C4H4ClF5O/c1-3(8,9)11-4(5,10)2(6)7/h2H,1H3. The van der Waals surface area contributed by atoms with Crippen molar-refractivity contribution in [2.75, 3.05) is 0 Å². The molecule has 0 aromatic carbocycles. The summed E-state index contributed by atoms with van der Waals surface area (Å²) in [5, 5.41) is -4.13. The molecule has 68 valence electrons. The van der Waals surface area contributed by atoms with Gasteiger partial charge in [0.05, 0.1) is 0 Å². The van der Waals surface area contributed by atoms with E-state index in [9.17, 15) is 22.0 Å². The van der Waals surface area contributed by atoms with Crippen LogP contribution in [0.25, 0.3) is 0 Å². The van der Waals surface area contributed by atoms with Crippen LogP contribution in [0.15, 0.2) is 0 Å². The predicted molar refractivity (Wildman–Crippen MR) is 27.4 cm³/mol. The Hall–Kier alpha value is -0.100. The first-order chi connectivity index (χ1) is 4.65. The molecule has 1 atom stereocenters. The minimum atomic E-state index is -4.13. The zero-order valence-electron chi connectivity index (χ0n) is 5.25. The van der Waals surface area contributed by atoms with Gasteiger partial charge in [-0.3, -0.25) is 4.74 Å². The number of rotatable bonds is 3. The van der Waals surface area contributed by atoms with Crippen molar-refractivity contribution in [3.8, 4) is 0 Å². The monoisotopic (exact) mass is 198 g/mol. The second kappa shape index (κ2) is 3.10. The molecule has 1 nitrogen and oxygen atoms in total. The molecule has 7 heteroatoms. The van der Waals surface area contributed by atoms with Crippen LogP contribution in [0.5, 0.6) is 0 Å². The maximum Gasteiger partial charge on any atom is 0.356 e. The number of halogens is 6. The van der Waals surface area contributed by atoms with E-state index < -0.39 is 17.8 Å². The van der Waals surface area contributed by atoms with Crippen LogP contribution < -0.4 is 0 Å². The molecule has 0 aromatic heterocycles. The van der Waals surface area contributed by atoms with Crippen molar-refractivity contribution >= 4 is 11.6 Å². The predicted octanol–water partition coefficient (Wildman–Crippen LogP) is 2.74. The quantitative estimate of drug-likeness (QED) is 0.501. The highest BCUT2D eigenvalue weighted by Crippen LogP contribution is 2.33. The second-order valence-corrected chi connectivity index (χ2v) is 2.29. The van der Waals surface area contributed by atoms with E-state index in [0.717, 1.165) is 0 Å². The van der Waals surface area contributed by atoms with E-state index >= 15 is 0 Å². The molecule has 0 radical (unpaired) electrons. The summed E-state index contributed by atoms with van der Waals surface area (Å²) in [5.41, 5.74) is 0. The SMILES string of the molecule is CC(F)(F)OC(F)(Cl)C(F)F. The lowest BCUT2D eigenvalue weighted by Crippen LogP contribution is -2.35. The summed E-state index contributed by atoms with van der Waals surface area (Å²) in [6, 6.07) is 0. The molecule has 11 heavy (non-hydrogen) atoms. The first-order valence-electron chi connectivity index (χ1n) is 2.39. The lowest BCUT2D eigenvalue weighted by Gasteiger charge is -2.21. The highest BCUT2D eigenvalue weighted by atomic mass is 35.5. The van der Waals surface area contributed by atoms with Gasteiger partial charge in [-0.25, -0.2) is 8.78 Å². The lowest BCUT2D eigenvalue weighted by atomic mass is 10.6. The molecule has 0 amide bonds. The molecule has 0 saturated carbocycles. The molecule has 0 N–H and O–H groups in total. The Morgan fingerprint density at radius 3 is 1.73 bits per heavy atom. The van der Waals surface area contributed by atoms with Gasteiger partial charge in [0, 0.05) is 6.92 Å². The zero-order valence-corrected chi connectivity index (χ0v) is 6.01. The molecule has 0 spiro atoms. The van der Waals surface area contributed by atoms with Crippen LogP contribution in [0, 0.1) is 0 Å². The summed E-state index contributed by atoms with van der Waals surface area (Å²) in [4.78, 5) is 0. The summed E-state index contributed by atoms with van der Waals surface area (Å²) >= 11 is 4.24. The smallest absolute Gasteiger partial charge is 0.265 e. The minimum absolute atomic E-state index is 0.103. The molecule has 0 saturated heterocycles. The van der Waals surface area contributed by atoms with E-state index in [1.807, 2.05) is 0 Å². The fourth-order valence-corrected chi connectivity index (χ4v) is 0.419. The Labute approximate surface area is 64.1 Å². The third-order valence-corrected chi connectivity index (χ3v) is 0.811. The van der Waals surface area contributed by atoms with Crippen molar-refractivity contribution in [3.63, 3.8) is 0 Å². The molecule has 0 aromatic rings. The summed E-state index contributed by atoms with van der Waals surface area (Å²) < 4.78 is 61.1. The highest BCUT2D eigenvalue weighted by Gasteiger charge is 2.46. The molecule has 0 aliphatic heterocycles. The van der Waals surface area contributed by atoms with Gasteiger partial charge in [0.15, 0.2) is 0 Å². The van der Waals surface area contributed by atoms with E-state index in [1.54, 1.807) is 0 Å². The number of hydrogen-bond acceptors (Lipinski definition) is 1. The van der Waals surface area contributed by atoms with Crippen LogP contribution in [0.3, 0.4) is 0 Å². The van der Waals surface area contributed by atoms with Crippen LogP contribution in [0.2, 0.25) is 0 Å². The number of alkyl halides is 6. The van der Waals surface area contributed by atoms with Gasteiger partial charge in [-0.05, 0) is 11.6 Å². The average molecular weight is 199 g/mol. The Kier molecular flexibility index (Phi) is 3.07. The highest BCUT2D eigenvalue weighted by molar-refractivity contribution is 6.22. The Balaban J connectivity index is 4.13. The average Bonchev–Trinajstić information content (AvgIpc) is 1.56. The minimum Gasteiger partial charge on any atom is -0.265 e. The Morgan fingerprint density at radius 2 is 1.64 bits per heavy atom. The van der Waals surface area contributed by atoms with Gasteiger partial charge < -0.3 is 0 Å². The van der Waals surface area contributed by atoms with E-state index in [1.165, 1.54) is 0 Å². The van der Waals surface area contributed by atoms with Crippen molar-refractivity contribution in [1.82, 2.24) is 0 Å². The first-order valence-corrected chi connectivity index (χ1v) is 2.77. The van der Waals surface area contributed by atoms with Gasteiger partial charge in [-0.2, -0.15) is 13.2 Å². The third kappa shape index (κ3) is 4.36. The van der Waals surface area contributed by atoms with Crippen LogP contribution in [-0.2, 0) is 4.74 Å². The van der Waals surface area contributed by atoms with E-state index in [-0.39, 0.29) is 6.92 Å². The van der Waals surface area contributed by atoms with Gasteiger partial charge in [0.1, 0.15) is 0 Å². The van der Waals surface area contributed by atoms with Gasteiger partial charge in [-0.15, -0.1) is 0 Å². The molecule has 1 unspecified atom stereocenters. The topological polar surface area (TPSA) is 9.23 Å². The summed E-state index contributed by atoms with van der Waals surface area (Å²) in [5.74, 6) is 0. The molecule has 0 fully saturated rings. The van der Waals surface area contributed by atoms with E-state index in [4.69, 9.17) is 0 Å². The van der Waals surface area contributed by atoms with Crippen molar-refractivity contribution in [2.45, 2.75) is 24.8 Å². The van der Waals surface area contributed by atoms with Crippen molar-refractivity contribution < 1.29 is 26.7 Å². The van der Waals surface area contributed by atoms with E-state index in [0.29, 0.717) is 0 Å². The van der Waals surface area contributed by atoms with Gasteiger partial charge >= 0.3 is 17.8 Å². The maximum atomic E-state index is 12.0. The van der Waals surface area contributed by atoms with Crippen molar-refractivity contribution in [3.05, 3.63) is 0 Å². The summed E-state index contributed by atoms with van der Waals surface area (Å²) in [7, 11) is 0. The Morgan fingerprint density at radius 1 is 1.27 bits per heavy atom. The Bertz CT molecular complexity index is 131. The van der Waals surface area contributed by atoms with Crippen LogP contribution in [-0.4, -0.2) is 17.8 Å².